The van der Waals surface area contributed by atoms with Gasteiger partial charge >= 0.3 is 5.97 Å². The van der Waals surface area contributed by atoms with E-state index in [1.54, 1.807) is 42.5 Å². The number of nitrogens with one attached hydrogen (secondary N) is 1. The molecule has 6 nitrogen and oxygen atoms in total. The third kappa shape index (κ3) is 6.00. The van der Waals surface area contributed by atoms with Crippen molar-refractivity contribution in [1.29, 1.82) is 0 Å². The molecule has 0 aliphatic carbocycles. The fraction of sp³-hybridized carbons (Fsp3) is 0.316. The summed E-state index contributed by atoms with van der Waals surface area (Å²) in [6.45, 7) is 1.67. The van der Waals surface area contributed by atoms with Crippen molar-refractivity contribution in [3.05, 3.63) is 52.2 Å². The number of carbonyl (C=O) groups is 3. The molecule has 1 aromatic heterocycles. The summed E-state index contributed by atoms with van der Waals surface area (Å²) in [7, 11) is 0. The highest BCUT2D eigenvalue weighted by molar-refractivity contribution is 7.09. The van der Waals surface area contributed by atoms with Gasteiger partial charge < -0.3 is 15.3 Å². The number of hydrogen-bond acceptors (Lipinski definition) is 4. The maximum atomic E-state index is 12.4. The molecule has 2 amide bonds. The van der Waals surface area contributed by atoms with Gasteiger partial charge in [-0.25, -0.2) is 0 Å². The zero-order valence-electron chi connectivity index (χ0n) is 14.6. The number of benzene rings is 1. The van der Waals surface area contributed by atoms with Crippen molar-refractivity contribution in [2.75, 3.05) is 18.4 Å². The highest BCUT2D eigenvalue weighted by Gasteiger charge is 2.17. The molecule has 0 bridgehead atoms. The quantitative estimate of drug-likeness (QED) is 0.705. The van der Waals surface area contributed by atoms with E-state index in [4.69, 9.17) is 5.11 Å². The molecule has 0 spiro atoms. The summed E-state index contributed by atoms with van der Waals surface area (Å²) in [5.41, 5.74) is 0.882. The molecule has 138 valence electrons. The molecular weight excluding hydrogens is 352 g/mol. The summed E-state index contributed by atoms with van der Waals surface area (Å²) in [6.07, 6.45) is 2.02. The number of thiophene rings is 1. The number of aliphatic carboxylic acids is 1. The van der Waals surface area contributed by atoms with E-state index in [0.29, 0.717) is 24.2 Å². The Morgan fingerprint density at radius 3 is 2.65 bits per heavy atom. The molecule has 0 radical (unpaired) electrons. The van der Waals surface area contributed by atoms with Crippen LogP contribution in [0.4, 0.5) is 5.69 Å². The molecule has 0 saturated heterocycles. The van der Waals surface area contributed by atoms with Crippen molar-refractivity contribution in [3.8, 4) is 0 Å². The molecule has 0 atom stereocenters. The molecule has 7 heteroatoms. The zero-order chi connectivity index (χ0) is 18.9. The van der Waals surface area contributed by atoms with Crippen molar-refractivity contribution in [2.24, 2.45) is 0 Å². The second-order valence-electron chi connectivity index (χ2n) is 5.77. The van der Waals surface area contributed by atoms with E-state index in [2.05, 4.69) is 5.32 Å². The van der Waals surface area contributed by atoms with Crippen LogP contribution < -0.4 is 5.32 Å². The number of nitrogens with zero attached hydrogens (tertiary/aromatic N) is 1. The predicted octanol–water partition coefficient (Wildman–Crippen LogP) is 3.26. The third-order valence-corrected chi connectivity index (χ3v) is 4.73. The standard InChI is InChI=1S/C19H22N2O4S/c1-2-21(13-18(23)24)19(25)14-6-3-7-15(12-14)20-17(22)10-4-8-16-9-5-11-26-16/h3,5-7,9,11-12H,2,4,8,10,13H2,1H3,(H,20,22)(H,23,24). The van der Waals surface area contributed by atoms with Gasteiger partial charge in [0, 0.05) is 29.1 Å². The lowest BCUT2D eigenvalue weighted by Gasteiger charge is -2.19. The molecule has 0 unspecified atom stereocenters. The van der Waals surface area contributed by atoms with Crippen molar-refractivity contribution in [2.45, 2.75) is 26.2 Å². The smallest absolute Gasteiger partial charge is 0.323 e. The fourth-order valence-electron chi connectivity index (χ4n) is 2.50. The Morgan fingerprint density at radius 1 is 1.19 bits per heavy atom. The van der Waals surface area contributed by atoms with Gasteiger partial charge in [-0.3, -0.25) is 14.4 Å². The summed E-state index contributed by atoms with van der Waals surface area (Å²) in [5.74, 6) is -1.54. The average molecular weight is 374 g/mol. The van der Waals surface area contributed by atoms with Crippen molar-refractivity contribution < 1.29 is 19.5 Å². The first-order valence-corrected chi connectivity index (χ1v) is 9.31. The largest absolute Gasteiger partial charge is 0.480 e. The predicted molar refractivity (Wildman–Crippen MR) is 102 cm³/mol. The lowest BCUT2D eigenvalue weighted by Crippen LogP contribution is -2.35. The van der Waals surface area contributed by atoms with Crippen LogP contribution in [0.5, 0.6) is 0 Å². The molecule has 0 aliphatic rings. The van der Waals surface area contributed by atoms with Gasteiger partial charge in [-0.2, -0.15) is 0 Å². The van der Waals surface area contributed by atoms with Gasteiger partial charge in [0.05, 0.1) is 0 Å². The van der Waals surface area contributed by atoms with Crippen LogP contribution in [0.1, 0.15) is 35.0 Å². The summed E-state index contributed by atoms with van der Waals surface area (Å²) in [5, 5.41) is 13.7. The molecule has 2 aromatic rings. The van der Waals surface area contributed by atoms with Crippen molar-refractivity contribution in [1.82, 2.24) is 4.90 Å². The Balaban J connectivity index is 1.91. The summed E-state index contributed by atoms with van der Waals surface area (Å²) >= 11 is 1.68. The first kappa shape index (κ1) is 19.7. The van der Waals surface area contributed by atoms with Crippen LogP contribution in [0.25, 0.3) is 0 Å². The Labute approximate surface area is 156 Å². The topological polar surface area (TPSA) is 86.7 Å². The summed E-state index contributed by atoms with van der Waals surface area (Å²) in [6, 6.07) is 10.6. The number of hydrogen-bond donors (Lipinski definition) is 2. The minimum absolute atomic E-state index is 0.107. The van der Waals surface area contributed by atoms with Gasteiger partial charge in [0.25, 0.3) is 5.91 Å². The third-order valence-electron chi connectivity index (χ3n) is 3.80. The lowest BCUT2D eigenvalue weighted by atomic mass is 10.1. The van der Waals surface area contributed by atoms with E-state index in [0.717, 1.165) is 12.8 Å². The second kappa shape index (κ2) is 9.72. The first-order chi connectivity index (χ1) is 12.5. The zero-order valence-corrected chi connectivity index (χ0v) is 15.4. The molecule has 2 rings (SSSR count). The number of amides is 2. The van der Waals surface area contributed by atoms with Crippen LogP contribution in [0, 0.1) is 0 Å². The SMILES string of the molecule is CCN(CC(=O)O)C(=O)c1cccc(NC(=O)CCCc2cccs2)c1. The molecule has 0 aliphatic heterocycles. The lowest BCUT2D eigenvalue weighted by molar-refractivity contribution is -0.137. The highest BCUT2D eigenvalue weighted by atomic mass is 32.1. The van der Waals surface area contributed by atoms with Crippen molar-refractivity contribution >= 4 is 34.8 Å². The van der Waals surface area contributed by atoms with Crippen LogP contribution in [-0.2, 0) is 16.0 Å². The molecule has 0 saturated carbocycles. The number of carboxylic acid groups (broad SMARTS) is 1. The van der Waals surface area contributed by atoms with Crippen LogP contribution in [0.3, 0.4) is 0 Å². The Morgan fingerprint density at radius 2 is 2.00 bits per heavy atom. The number of aryl methyl sites for hydroxylation is 1. The van der Waals surface area contributed by atoms with Gasteiger partial charge in [0.15, 0.2) is 0 Å². The highest BCUT2D eigenvalue weighted by Crippen LogP contribution is 2.15. The molecule has 1 aromatic carbocycles. The van der Waals surface area contributed by atoms with Crippen LogP contribution in [0.2, 0.25) is 0 Å². The minimum Gasteiger partial charge on any atom is -0.480 e. The maximum Gasteiger partial charge on any atom is 0.323 e. The second-order valence-corrected chi connectivity index (χ2v) is 6.81. The van der Waals surface area contributed by atoms with E-state index in [9.17, 15) is 14.4 Å². The molecule has 0 fully saturated rings. The Bertz CT molecular complexity index is 759. The van der Waals surface area contributed by atoms with E-state index >= 15 is 0 Å². The van der Waals surface area contributed by atoms with Gasteiger partial charge in [0.2, 0.25) is 5.91 Å². The number of likely N-dealkylation sites (N-methyl/N-ethyl adjacent to an activating group) is 1. The molecule has 2 N–H and O–H groups in total. The number of rotatable bonds is 9. The number of anilines is 1. The number of carbonyl (C=O) groups excluding carboxylic acids is 2. The van der Waals surface area contributed by atoms with Crippen LogP contribution in [-0.4, -0.2) is 40.9 Å². The van der Waals surface area contributed by atoms with Gasteiger partial charge in [-0.15, -0.1) is 11.3 Å². The van der Waals surface area contributed by atoms with Crippen molar-refractivity contribution in [3.63, 3.8) is 0 Å². The maximum absolute atomic E-state index is 12.4. The molecule has 26 heavy (non-hydrogen) atoms. The van der Waals surface area contributed by atoms with Gasteiger partial charge in [0.1, 0.15) is 6.54 Å². The molecule has 1 heterocycles. The monoisotopic (exact) mass is 374 g/mol. The summed E-state index contributed by atoms with van der Waals surface area (Å²) in [4.78, 5) is 37.8. The van der Waals surface area contributed by atoms with Crippen LogP contribution in [0.15, 0.2) is 41.8 Å². The van der Waals surface area contributed by atoms with Gasteiger partial charge in [-0.05, 0) is 49.4 Å². The summed E-state index contributed by atoms with van der Waals surface area (Å²) < 4.78 is 0. The van der Waals surface area contributed by atoms with Crippen LogP contribution >= 0.6 is 11.3 Å². The van der Waals surface area contributed by atoms with Gasteiger partial charge in [-0.1, -0.05) is 12.1 Å². The first-order valence-electron chi connectivity index (χ1n) is 8.43. The minimum atomic E-state index is -1.06. The Hall–Kier alpha value is -2.67. The van der Waals surface area contributed by atoms with E-state index in [1.807, 2.05) is 17.5 Å². The molecular formula is C19H22N2O4S. The average Bonchev–Trinajstić information content (AvgIpc) is 3.12. The normalized spacial score (nSPS) is 10.3. The van der Waals surface area contributed by atoms with E-state index in [1.165, 1.54) is 9.78 Å². The number of carboxylic acids is 1. The fourth-order valence-corrected chi connectivity index (χ4v) is 3.26. The Kier molecular flexibility index (Phi) is 7.35. The van der Waals surface area contributed by atoms with E-state index < -0.39 is 5.97 Å². The van der Waals surface area contributed by atoms with E-state index in [-0.39, 0.29) is 18.4 Å².